The average Bonchev–Trinajstić information content (AvgIpc) is 2.78. The van der Waals surface area contributed by atoms with Crippen LogP contribution >= 0.6 is 0 Å². The molecule has 0 saturated heterocycles. The van der Waals surface area contributed by atoms with Gasteiger partial charge in [0.05, 0.1) is 4.92 Å². The number of nitro benzene ring substituents is 1. The summed E-state index contributed by atoms with van der Waals surface area (Å²) in [6, 6.07) is 16.4. The Balaban J connectivity index is 1.59. The molecule has 0 radical (unpaired) electrons. The molecule has 8 nitrogen and oxygen atoms in total. The quantitative estimate of drug-likeness (QED) is 0.317. The number of carbonyl (C=O) groups excluding carboxylic acids is 2. The highest BCUT2D eigenvalue weighted by molar-refractivity contribution is 5.97. The van der Waals surface area contributed by atoms with Crippen molar-refractivity contribution in [2.24, 2.45) is 0 Å². The van der Waals surface area contributed by atoms with Crippen LogP contribution in [-0.4, -0.2) is 23.4 Å². The lowest BCUT2D eigenvalue weighted by Gasteiger charge is -2.11. The number of aryl methyl sites for hydroxylation is 1. The lowest BCUT2D eigenvalue weighted by atomic mass is 10.2. The number of carbonyl (C=O) groups is 2. The Morgan fingerprint density at radius 1 is 1.06 bits per heavy atom. The normalized spacial score (nSPS) is 10.3. The van der Waals surface area contributed by atoms with Crippen LogP contribution in [-0.2, 0) is 16.1 Å². The molecular formula is C23H19FN2O6. The minimum absolute atomic E-state index is 0.108. The van der Waals surface area contributed by atoms with Gasteiger partial charge in [-0.15, -0.1) is 0 Å². The van der Waals surface area contributed by atoms with Gasteiger partial charge in [-0.25, -0.2) is 9.18 Å². The Labute approximate surface area is 182 Å². The highest BCUT2D eigenvalue weighted by atomic mass is 19.1. The van der Waals surface area contributed by atoms with Crippen LogP contribution in [0.4, 0.5) is 15.8 Å². The zero-order valence-corrected chi connectivity index (χ0v) is 17.0. The van der Waals surface area contributed by atoms with Crippen molar-refractivity contribution in [2.75, 3.05) is 11.9 Å². The lowest BCUT2D eigenvalue weighted by Crippen LogP contribution is -2.21. The van der Waals surface area contributed by atoms with Crippen molar-refractivity contribution in [3.05, 3.63) is 99.4 Å². The van der Waals surface area contributed by atoms with E-state index in [1.54, 1.807) is 37.3 Å². The molecule has 0 unspecified atom stereocenters. The molecule has 0 aliphatic rings. The highest BCUT2D eigenvalue weighted by Gasteiger charge is 2.17. The average molecular weight is 438 g/mol. The molecule has 0 saturated carbocycles. The van der Waals surface area contributed by atoms with E-state index in [9.17, 15) is 24.1 Å². The molecule has 3 aromatic rings. The van der Waals surface area contributed by atoms with Crippen LogP contribution in [0.1, 0.15) is 21.5 Å². The molecule has 0 fully saturated rings. The molecule has 0 atom stereocenters. The third-order valence-electron chi connectivity index (χ3n) is 4.44. The summed E-state index contributed by atoms with van der Waals surface area (Å²) < 4.78 is 23.7. The van der Waals surface area contributed by atoms with Crippen LogP contribution in [0.25, 0.3) is 0 Å². The monoisotopic (exact) mass is 438 g/mol. The molecule has 9 heteroatoms. The third kappa shape index (κ3) is 5.88. The topological polar surface area (TPSA) is 108 Å². The summed E-state index contributed by atoms with van der Waals surface area (Å²) in [6.07, 6.45) is 0. The van der Waals surface area contributed by atoms with Crippen molar-refractivity contribution < 1.29 is 28.4 Å². The van der Waals surface area contributed by atoms with Gasteiger partial charge in [-0.1, -0.05) is 30.3 Å². The molecule has 1 amide bonds. The fraction of sp³-hybridized carbons (Fsp3) is 0.130. The van der Waals surface area contributed by atoms with Gasteiger partial charge in [0.1, 0.15) is 23.7 Å². The molecule has 164 valence electrons. The van der Waals surface area contributed by atoms with E-state index in [4.69, 9.17) is 9.47 Å². The van der Waals surface area contributed by atoms with Crippen LogP contribution in [0, 0.1) is 22.9 Å². The summed E-state index contributed by atoms with van der Waals surface area (Å²) in [5, 5.41) is 13.5. The Morgan fingerprint density at radius 2 is 1.78 bits per heavy atom. The SMILES string of the molecule is Cc1ccc(NC(=O)COC(=O)c2ccccc2OCc2ccc(F)cc2)cc1[N+](=O)[O-]. The Morgan fingerprint density at radius 3 is 2.50 bits per heavy atom. The molecule has 0 spiro atoms. The van der Waals surface area contributed by atoms with Crippen molar-refractivity contribution >= 4 is 23.3 Å². The summed E-state index contributed by atoms with van der Waals surface area (Å²) in [5.41, 5.74) is 1.37. The van der Waals surface area contributed by atoms with E-state index in [0.717, 1.165) is 0 Å². The molecule has 0 aliphatic heterocycles. The number of para-hydroxylation sites is 1. The van der Waals surface area contributed by atoms with Crippen LogP contribution in [0.15, 0.2) is 66.7 Å². The van der Waals surface area contributed by atoms with Crippen molar-refractivity contribution in [3.63, 3.8) is 0 Å². The van der Waals surface area contributed by atoms with Gasteiger partial charge in [0.2, 0.25) is 0 Å². The van der Waals surface area contributed by atoms with Gasteiger partial charge < -0.3 is 14.8 Å². The number of ether oxygens (including phenoxy) is 2. The van der Waals surface area contributed by atoms with E-state index in [2.05, 4.69) is 5.32 Å². The molecule has 3 aromatic carbocycles. The molecule has 1 N–H and O–H groups in total. The maximum absolute atomic E-state index is 13.0. The van der Waals surface area contributed by atoms with Crippen LogP contribution in [0.2, 0.25) is 0 Å². The molecule has 0 aromatic heterocycles. The van der Waals surface area contributed by atoms with Gasteiger partial charge in [-0.2, -0.15) is 0 Å². The van der Waals surface area contributed by atoms with E-state index >= 15 is 0 Å². The summed E-state index contributed by atoms with van der Waals surface area (Å²) in [4.78, 5) is 35.0. The van der Waals surface area contributed by atoms with Gasteiger partial charge >= 0.3 is 5.97 Å². The Kier molecular flexibility index (Phi) is 7.12. The van der Waals surface area contributed by atoms with E-state index in [0.29, 0.717) is 11.1 Å². The largest absolute Gasteiger partial charge is 0.488 e. The van der Waals surface area contributed by atoms with Crippen molar-refractivity contribution in [1.82, 2.24) is 0 Å². The highest BCUT2D eigenvalue weighted by Crippen LogP contribution is 2.23. The number of nitrogens with one attached hydrogen (secondary N) is 1. The number of nitro groups is 1. The number of hydrogen-bond donors (Lipinski definition) is 1. The first kappa shape index (κ1) is 22.4. The number of amides is 1. The van der Waals surface area contributed by atoms with Crippen LogP contribution < -0.4 is 10.1 Å². The maximum atomic E-state index is 13.0. The van der Waals surface area contributed by atoms with Gasteiger partial charge in [-0.3, -0.25) is 14.9 Å². The Bertz CT molecular complexity index is 1150. The molecular weight excluding hydrogens is 419 g/mol. The van der Waals surface area contributed by atoms with Gasteiger partial charge in [-0.05, 0) is 42.8 Å². The first-order valence-corrected chi connectivity index (χ1v) is 9.52. The minimum atomic E-state index is -0.773. The zero-order valence-electron chi connectivity index (χ0n) is 17.0. The third-order valence-corrected chi connectivity index (χ3v) is 4.44. The van der Waals surface area contributed by atoms with Gasteiger partial charge in [0.15, 0.2) is 6.61 Å². The number of rotatable bonds is 8. The molecule has 0 aliphatic carbocycles. The lowest BCUT2D eigenvalue weighted by molar-refractivity contribution is -0.385. The first-order chi connectivity index (χ1) is 15.3. The standard InChI is InChI=1S/C23H19FN2O6/c1-15-6-11-18(12-20(15)26(29)30)25-22(27)14-32-23(28)19-4-2-3-5-21(19)31-13-16-7-9-17(24)10-8-16/h2-12H,13-14H2,1H3,(H,25,27). The number of benzene rings is 3. The summed E-state index contributed by atoms with van der Waals surface area (Å²) in [5.74, 6) is -1.54. The minimum Gasteiger partial charge on any atom is -0.488 e. The molecule has 0 heterocycles. The summed E-state index contributed by atoms with van der Waals surface area (Å²) in [7, 11) is 0. The number of esters is 1. The van der Waals surface area contributed by atoms with E-state index in [-0.39, 0.29) is 35.1 Å². The fourth-order valence-corrected chi connectivity index (χ4v) is 2.79. The molecule has 32 heavy (non-hydrogen) atoms. The van der Waals surface area contributed by atoms with E-state index in [1.165, 1.54) is 36.4 Å². The van der Waals surface area contributed by atoms with Crippen molar-refractivity contribution in [3.8, 4) is 5.75 Å². The predicted molar refractivity (Wildman–Crippen MR) is 114 cm³/mol. The molecule has 3 rings (SSSR count). The molecule has 0 bridgehead atoms. The fourth-order valence-electron chi connectivity index (χ4n) is 2.79. The van der Waals surface area contributed by atoms with Crippen molar-refractivity contribution in [2.45, 2.75) is 13.5 Å². The van der Waals surface area contributed by atoms with Crippen molar-refractivity contribution in [1.29, 1.82) is 0 Å². The van der Waals surface area contributed by atoms with Gasteiger partial charge in [0.25, 0.3) is 11.6 Å². The maximum Gasteiger partial charge on any atom is 0.342 e. The van der Waals surface area contributed by atoms with Gasteiger partial charge in [0, 0.05) is 17.3 Å². The van der Waals surface area contributed by atoms with E-state index < -0.39 is 23.4 Å². The second-order valence-electron chi connectivity index (χ2n) is 6.79. The Hall–Kier alpha value is -4.27. The predicted octanol–water partition coefficient (Wildman–Crippen LogP) is 4.42. The first-order valence-electron chi connectivity index (χ1n) is 9.52. The van der Waals surface area contributed by atoms with Crippen LogP contribution in [0.5, 0.6) is 5.75 Å². The number of hydrogen-bond acceptors (Lipinski definition) is 6. The number of nitrogens with zero attached hydrogens (tertiary/aromatic N) is 1. The summed E-state index contributed by atoms with van der Waals surface area (Å²) in [6.45, 7) is 1.10. The zero-order chi connectivity index (χ0) is 23.1. The second kappa shape index (κ2) is 10.2. The number of anilines is 1. The second-order valence-corrected chi connectivity index (χ2v) is 6.79. The van der Waals surface area contributed by atoms with E-state index in [1.807, 2.05) is 0 Å². The number of halogens is 1. The van der Waals surface area contributed by atoms with Crippen LogP contribution in [0.3, 0.4) is 0 Å². The smallest absolute Gasteiger partial charge is 0.342 e. The summed E-state index contributed by atoms with van der Waals surface area (Å²) >= 11 is 0.